The van der Waals surface area contributed by atoms with Gasteiger partial charge in [0.05, 0.1) is 0 Å². The minimum atomic E-state index is 0.0785. The molecular formula is C18H22Ge. The second-order valence-corrected chi connectivity index (χ2v) is 8.13. The third-order valence-electron chi connectivity index (χ3n) is 3.22. The van der Waals surface area contributed by atoms with Crippen LogP contribution < -0.4 is 0 Å². The molecule has 0 nitrogen and oxygen atoms in total. The number of hydrogen-bond donors (Lipinski definition) is 0. The van der Waals surface area contributed by atoms with Crippen LogP contribution in [0.15, 0.2) is 36.4 Å². The van der Waals surface area contributed by atoms with Crippen LogP contribution in [0.25, 0.3) is 0 Å². The predicted octanol–water partition coefficient (Wildman–Crippen LogP) is 4.32. The third-order valence-corrected chi connectivity index (χ3v) is 5.98. The summed E-state index contributed by atoms with van der Waals surface area (Å²) in [5.41, 5.74) is 8.64. The molecule has 0 heterocycles. The van der Waals surface area contributed by atoms with Gasteiger partial charge >= 0.3 is 123 Å². The second kappa shape index (κ2) is 6.43. The van der Waals surface area contributed by atoms with Crippen molar-refractivity contribution >= 4 is 15.4 Å². The van der Waals surface area contributed by atoms with Crippen LogP contribution in [0.4, 0.5) is 0 Å². The maximum absolute atomic E-state index is 2.35. The first-order valence-electron chi connectivity index (χ1n) is 6.88. The normalized spacial score (nSPS) is 10.7. The van der Waals surface area contributed by atoms with Crippen molar-refractivity contribution in [1.29, 1.82) is 0 Å². The summed E-state index contributed by atoms with van der Waals surface area (Å²) >= 11 is 0.0785. The molecule has 0 fully saturated rings. The van der Waals surface area contributed by atoms with Crippen molar-refractivity contribution < 1.29 is 0 Å². The molecular weight excluding hydrogens is 289 g/mol. The van der Waals surface area contributed by atoms with E-state index in [1.807, 2.05) is 0 Å². The topological polar surface area (TPSA) is 0 Å². The van der Waals surface area contributed by atoms with Crippen LogP contribution in [-0.2, 0) is 10.5 Å². The third kappa shape index (κ3) is 4.54. The Morgan fingerprint density at radius 3 is 1.21 bits per heavy atom. The van der Waals surface area contributed by atoms with Gasteiger partial charge in [-0.2, -0.15) is 0 Å². The SMILES string of the molecule is Cc1cc(C)cc([CH2][Ge][CH2]c2cc(C)cc(C)c2)c1. The molecule has 2 aromatic carbocycles. The van der Waals surface area contributed by atoms with Crippen LogP contribution in [0.5, 0.6) is 0 Å². The van der Waals surface area contributed by atoms with Gasteiger partial charge in [0.15, 0.2) is 0 Å². The van der Waals surface area contributed by atoms with Crippen LogP contribution in [0, 0.1) is 27.7 Å². The molecule has 0 unspecified atom stereocenters. The number of aryl methyl sites for hydroxylation is 4. The van der Waals surface area contributed by atoms with Gasteiger partial charge < -0.3 is 0 Å². The van der Waals surface area contributed by atoms with Gasteiger partial charge in [-0.25, -0.2) is 0 Å². The Labute approximate surface area is 123 Å². The molecule has 0 atom stereocenters. The molecule has 0 spiro atoms. The van der Waals surface area contributed by atoms with E-state index in [2.05, 4.69) is 64.1 Å². The van der Waals surface area contributed by atoms with Crippen LogP contribution in [0.3, 0.4) is 0 Å². The molecule has 98 valence electrons. The van der Waals surface area contributed by atoms with Crippen molar-refractivity contribution in [2.45, 2.75) is 38.2 Å². The van der Waals surface area contributed by atoms with Crippen molar-refractivity contribution in [2.24, 2.45) is 0 Å². The van der Waals surface area contributed by atoms with Crippen molar-refractivity contribution in [2.75, 3.05) is 0 Å². The number of hydrogen-bond acceptors (Lipinski definition) is 0. The monoisotopic (exact) mass is 312 g/mol. The van der Waals surface area contributed by atoms with Gasteiger partial charge in [0.2, 0.25) is 0 Å². The van der Waals surface area contributed by atoms with Gasteiger partial charge in [0.25, 0.3) is 0 Å². The first-order valence-corrected chi connectivity index (χ1v) is 9.85. The molecule has 0 bridgehead atoms. The molecule has 2 aromatic rings. The molecule has 0 amide bonds. The Morgan fingerprint density at radius 2 is 0.895 bits per heavy atom. The Bertz CT molecular complexity index is 478. The molecule has 0 aromatic heterocycles. The summed E-state index contributed by atoms with van der Waals surface area (Å²) in [6.07, 6.45) is 0. The minimum absolute atomic E-state index is 0.0785. The van der Waals surface area contributed by atoms with Gasteiger partial charge in [0.1, 0.15) is 0 Å². The Hall–Kier alpha value is -1.02. The molecule has 0 aliphatic heterocycles. The van der Waals surface area contributed by atoms with Gasteiger partial charge in [-0.15, -0.1) is 0 Å². The zero-order valence-corrected chi connectivity index (χ0v) is 14.5. The average molecular weight is 311 g/mol. The van der Waals surface area contributed by atoms with Gasteiger partial charge in [0, 0.05) is 0 Å². The van der Waals surface area contributed by atoms with Gasteiger partial charge in [-0.1, -0.05) is 0 Å². The van der Waals surface area contributed by atoms with Gasteiger partial charge in [-0.3, -0.25) is 0 Å². The fraction of sp³-hybridized carbons (Fsp3) is 0.333. The van der Waals surface area contributed by atoms with E-state index in [1.165, 1.54) is 43.9 Å². The van der Waals surface area contributed by atoms with Gasteiger partial charge in [-0.05, 0) is 0 Å². The Morgan fingerprint density at radius 1 is 0.579 bits per heavy atom. The van der Waals surface area contributed by atoms with Crippen molar-refractivity contribution in [1.82, 2.24) is 0 Å². The molecule has 0 aliphatic rings. The summed E-state index contributed by atoms with van der Waals surface area (Å²) in [5.74, 6) is 0. The Balaban J connectivity index is 1.96. The zero-order valence-electron chi connectivity index (χ0n) is 12.4. The second-order valence-electron chi connectivity index (χ2n) is 5.60. The predicted molar refractivity (Wildman–Crippen MR) is 85.0 cm³/mol. The van der Waals surface area contributed by atoms with Crippen LogP contribution >= 0.6 is 0 Å². The summed E-state index contributed by atoms with van der Waals surface area (Å²) in [4.78, 5) is 0. The quantitative estimate of drug-likeness (QED) is 0.738. The fourth-order valence-corrected chi connectivity index (χ4v) is 5.02. The summed E-state index contributed by atoms with van der Waals surface area (Å²) in [7, 11) is 0. The van der Waals surface area contributed by atoms with E-state index in [4.69, 9.17) is 0 Å². The molecule has 0 saturated carbocycles. The van der Waals surface area contributed by atoms with Crippen LogP contribution in [0.1, 0.15) is 33.4 Å². The maximum atomic E-state index is 2.35. The first-order chi connectivity index (χ1) is 9.02. The number of benzene rings is 2. The zero-order chi connectivity index (χ0) is 13.8. The van der Waals surface area contributed by atoms with Crippen LogP contribution in [-0.4, -0.2) is 15.4 Å². The van der Waals surface area contributed by atoms with Crippen molar-refractivity contribution in [3.8, 4) is 0 Å². The molecule has 19 heavy (non-hydrogen) atoms. The van der Waals surface area contributed by atoms with E-state index in [-0.39, 0.29) is 15.4 Å². The van der Waals surface area contributed by atoms with E-state index in [1.54, 1.807) is 0 Å². The molecule has 2 rings (SSSR count). The fourth-order valence-electron chi connectivity index (χ4n) is 2.69. The van der Waals surface area contributed by atoms with E-state index in [0.29, 0.717) is 0 Å². The summed E-state index contributed by atoms with van der Waals surface area (Å²) in [6.45, 7) is 8.78. The molecule has 2 radical (unpaired) electrons. The van der Waals surface area contributed by atoms with E-state index >= 15 is 0 Å². The van der Waals surface area contributed by atoms with E-state index in [9.17, 15) is 0 Å². The first kappa shape index (κ1) is 14.4. The van der Waals surface area contributed by atoms with Crippen molar-refractivity contribution in [3.63, 3.8) is 0 Å². The van der Waals surface area contributed by atoms with E-state index in [0.717, 1.165) is 0 Å². The Kier molecular flexibility index (Phi) is 4.87. The average Bonchev–Trinajstić information content (AvgIpc) is 2.26. The summed E-state index contributed by atoms with van der Waals surface area (Å²) in [5, 5.41) is 2.60. The molecule has 1 heteroatoms. The standard InChI is InChI=1S/C18H22Ge/c1-13-5-14(2)8-17(7-13)11-19-12-18-9-15(3)6-16(4)10-18/h5-10H,11-12H2,1-4H3. The summed E-state index contributed by atoms with van der Waals surface area (Å²) < 4.78 is 0. The number of rotatable bonds is 4. The summed E-state index contributed by atoms with van der Waals surface area (Å²) in [6, 6.07) is 13.9. The molecule has 0 saturated heterocycles. The van der Waals surface area contributed by atoms with Crippen molar-refractivity contribution in [3.05, 3.63) is 69.8 Å². The molecule has 0 aliphatic carbocycles. The molecule has 0 N–H and O–H groups in total. The van der Waals surface area contributed by atoms with E-state index < -0.39 is 0 Å². The van der Waals surface area contributed by atoms with Crippen LogP contribution in [0.2, 0.25) is 0 Å².